The van der Waals surface area contributed by atoms with E-state index in [1.807, 2.05) is 18.2 Å². The number of fused-ring (bicyclic) bond motifs is 1. The Balaban J connectivity index is 2.38. The van der Waals surface area contributed by atoms with Crippen molar-refractivity contribution in [1.82, 2.24) is 4.98 Å². The van der Waals surface area contributed by atoms with Crippen LogP contribution in [0.25, 0.3) is 10.9 Å². The normalized spacial score (nSPS) is 15.1. The molecule has 1 N–H and O–H groups in total. The van der Waals surface area contributed by atoms with Gasteiger partial charge in [0.2, 0.25) is 0 Å². The Morgan fingerprint density at radius 2 is 2.06 bits per heavy atom. The molecule has 0 spiro atoms. The van der Waals surface area contributed by atoms with Gasteiger partial charge in [-0.15, -0.1) is 0 Å². The quantitative estimate of drug-likeness (QED) is 0.920. The minimum Gasteiger partial charge on any atom is -0.478 e. The number of carbonyl (C=O) groups is 1. The summed E-state index contributed by atoms with van der Waals surface area (Å²) in [5.41, 5.74) is 1.98. The van der Waals surface area contributed by atoms with E-state index in [1.54, 1.807) is 6.07 Å². The second-order valence-corrected chi connectivity index (χ2v) is 5.08. The molecular weight excluding hydrogens is 282 g/mol. The molecule has 0 bridgehead atoms. The highest BCUT2D eigenvalue weighted by Gasteiger charge is 2.30. The number of hydrogen-bond donors (Lipinski definition) is 1. The molecule has 0 radical (unpaired) electrons. The van der Waals surface area contributed by atoms with Gasteiger partial charge in [0.15, 0.2) is 0 Å². The molecule has 17 heavy (non-hydrogen) atoms. The van der Waals surface area contributed by atoms with Crippen LogP contribution in [0.5, 0.6) is 0 Å². The molecule has 0 unspecified atom stereocenters. The lowest BCUT2D eigenvalue weighted by Gasteiger charge is -2.09. The standard InChI is InChI=1S/C13H10BrNO2/c14-11-10(13(16)17)8-3-1-2-4-9(8)15-12(11)7-5-6-7/h1-4,7H,5-6H2,(H,16,17). The third kappa shape index (κ3) is 1.72. The van der Waals surface area contributed by atoms with E-state index in [4.69, 9.17) is 0 Å². The molecule has 86 valence electrons. The van der Waals surface area contributed by atoms with Gasteiger partial charge in [0.25, 0.3) is 0 Å². The molecule has 3 nitrogen and oxygen atoms in total. The molecule has 1 fully saturated rings. The lowest BCUT2D eigenvalue weighted by molar-refractivity contribution is 0.0698. The molecule has 1 aromatic carbocycles. The van der Waals surface area contributed by atoms with Crippen molar-refractivity contribution in [1.29, 1.82) is 0 Å². The summed E-state index contributed by atoms with van der Waals surface area (Å²) in [7, 11) is 0. The van der Waals surface area contributed by atoms with Crippen LogP contribution in [0.15, 0.2) is 28.7 Å². The van der Waals surface area contributed by atoms with E-state index < -0.39 is 5.97 Å². The highest BCUT2D eigenvalue weighted by atomic mass is 79.9. The van der Waals surface area contributed by atoms with Gasteiger partial charge in [-0.05, 0) is 34.8 Å². The fourth-order valence-electron chi connectivity index (χ4n) is 2.04. The second kappa shape index (κ2) is 3.81. The van der Waals surface area contributed by atoms with E-state index in [1.165, 1.54) is 0 Å². The van der Waals surface area contributed by atoms with Crippen molar-refractivity contribution in [2.24, 2.45) is 0 Å². The average Bonchev–Trinajstić information content (AvgIpc) is 3.11. The summed E-state index contributed by atoms with van der Waals surface area (Å²) in [6.45, 7) is 0. The monoisotopic (exact) mass is 291 g/mol. The topological polar surface area (TPSA) is 50.2 Å². The van der Waals surface area contributed by atoms with Crippen molar-refractivity contribution in [3.05, 3.63) is 40.0 Å². The number of hydrogen-bond acceptors (Lipinski definition) is 2. The van der Waals surface area contributed by atoms with E-state index in [2.05, 4.69) is 20.9 Å². The molecular formula is C13H10BrNO2. The molecule has 3 rings (SSSR count). The number of carboxylic acids is 1. The highest BCUT2D eigenvalue weighted by Crippen LogP contribution is 2.44. The fraction of sp³-hybridized carbons (Fsp3) is 0.231. The van der Waals surface area contributed by atoms with E-state index >= 15 is 0 Å². The number of carboxylic acid groups (broad SMARTS) is 1. The van der Waals surface area contributed by atoms with Crippen molar-refractivity contribution >= 4 is 32.8 Å². The van der Waals surface area contributed by atoms with Gasteiger partial charge in [0.05, 0.1) is 21.2 Å². The first-order chi connectivity index (χ1) is 8.18. The smallest absolute Gasteiger partial charge is 0.337 e. The Bertz CT molecular complexity index is 620. The summed E-state index contributed by atoms with van der Waals surface area (Å²) in [5, 5.41) is 10.0. The molecule has 0 atom stereocenters. The van der Waals surface area contributed by atoms with Crippen LogP contribution < -0.4 is 0 Å². The Morgan fingerprint density at radius 1 is 1.35 bits per heavy atom. The van der Waals surface area contributed by atoms with Gasteiger partial charge >= 0.3 is 5.97 Å². The van der Waals surface area contributed by atoms with Gasteiger partial charge in [0, 0.05) is 11.3 Å². The van der Waals surface area contributed by atoms with Gasteiger partial charge in [-0.3, -0.25) is 4.98 Å². The maximum atomic E-state index is 11.4. The molecule has 2 aromatic rings. The number of nitrogens with zero attached hydrogens (tertiary/aromatic N) is 1. The molecule has 0 saturated heterocycles. The minimum atomic E-state index is -0.905. The molecule has 1 aromatic heterocycles. The summed E-state index contributed by atoms with van der Waals surface area (Å²) in [5.74, 6) is -0.482. The summed E-state index contributed by atoms with van der Waals surface area (Å²) < 4.78 is 0.645. The predicted octanol–water partition coefficient (Wildman–Crippen LogP) is 3.57. The van der Waals surface area contributed by atoms with Crippen LogP contribution >= 0.6 is 15.9 Å². The lowest BCUT2D eigenvalue weighted by atomic mass is 10.1. The van der Waals surface area contributed by atoms with Crippen LogP contribution in [0.3, 0.4) is 0 Å². The van der Waals surface area contributed by atoms with Crippen molar-refractivity contribution in [2.45, 2.75) is 18.8 Å². The van der Waals surface area contributed by atoms with Crippen LogP contribution in [0, 0.1) is 0 Å². The van der Waals surface area contributed by atoms with Crippen molar-refractivity contribution in [3.63, 3.8) is 0 Å². The van der Waals surface area contributed by atoms with Gasteiger partial charge in [-0.25, -0.2) is 4.79 Å². The predicted molar refractivity (Wildman–Crippen MR) is 68.4 cm³/mol. The summed E-state index contributed by atoms with van der Waals surface area (Å²) in [4.78, 5) is 15.9. The van der Waals surface area contributed by atoms with Crippen LogP contribution in [0.2, 0.25) is 0 Å². The maximum Gasteiger partial charge on any atom is 0.337 e. The van der Waals surface area contributed by atoms with Crippen molar-refractivity contribution in [3.8, 4) is 0 Å². The largest absolute Gasteiger partial charge is 0.478 e. The Morgan fingerprint density at radius 3 is 2.71 bits per heavy atom. The lowest BCUT2D eigenvalue weighted by Crippen LogP contribution is -2.04. The number of pyridine rings is 1. The maximum absolute atomic E-state index is 11.4. The summed E-state index contributed by atoms with van der Waals surface area (Å²) in [6, 6.07) is 7.37. The number of aromatic carboxylic acids is 1. The third-order valence-electron chi connectivity index (χ3n) is 3.04. The Hall–Kier alpha value is -1.42. The molecule has 0 aliphatic heterocycles. The Kier molecular flexibility index (Phi) is 2.40. The van der Waals surface area contributed by atoms with Crippen LogP contribution in [-0.2, 0) is 0 Å². The minimum absolute atomic E-state index is 0.331. The number of halogens is 1. The number of rotatable bonds is 2. The zero-order valence-electron chi connectivity index (χ0n) is 8.98. The number of benzene rings is 1. The summed E-state index contributed by atoms with van der Waals surface area (Å²) in [6.07, 6.45) is 2.20. The molecule has 1 heterocycles. The van der Waals surface area contributed by atoms with Crippen molar-refractivity contribution in [2.75, 3.05) is 0 Å². The van der Waals surface area contributed by atoms with Crippen LogP contribution in [0.4, 0.5) is 0 Å². The van der Waals surface area contributed by atoms with Crippen LogP contribution in [0.1, 0.15) is 34.8 Å². The van der Waals surface area contributed by atoms with E-state index in [0.717, 1.165) is 24.1 Å². The second-order valence-electron chi connectivity index (χ2n) is 4.28. The molecule has 1 saturated carbocycles. The Labute approximate surface area is 107 Å². The summed E-state index contributed by atoms with van der Waals surface area (Å²) >= 11 is 3.40. The molecule has 4 heteroatoms. The van der Waals surface area contributed by atoms with E-state index in [-0.39, 0.29) is 0 Å². The van der Waals surface area contributed by atoms with E-state index in [0.29, 0.717) is 21.3 Å². The SMILES string of the molecule is O=C(O)c1c(Br)c(C2CC2)nc2ccccc12. The third-order valence-corrected chi connectivity index (χ3v) is 3.84. The average molecular weight is 292 g/mol. The number of para-hydroxylation sites is 1. The first-order valence-electron chi connectivity index (χ1n) is 5.50. The zero-order valence-corrected chi connectivity index (χ0v) is 10.6. The first kappa shape index (κ1) is 10.7. The van der Waals surface area contributed by atoms with E-state index in [9.17, 15) is 9.90 Å². The fourth-order valence-corrected chi connectivity index (χ4v) is 2.84. The first-order valence-corrected chi connectivity index (χ1v) is 6.29. The molecule has 1 aliphatic rings. The molecule has 0 amide bonds. The van der Waals surface area contributed by atoms with Gasteiger partial charge in [-0.2, -0.15) is 0 Å². The number of aromatic nitrogens is 1. The zero-order chi connectivity index (χ0) is 12.0. The highest BCUT2D eigenvalue weighted by molar-refractivity contribution is 9.10. The van der Waals surface area contributed by atoms with Gasteiger partial charge < -0.3 is 5.11 Å². The van der Waals surface area contributed by atoms with Gasteiger partial charge in [-0.1, -0.05) is 18.2 Å². The van der Waals surface area contributed by atoms with Crippen molar-refractivity contribution < 1.29 is 9.90 Å². The van der Waals surface area contributed by atoms with Gasteiger partial charge in [0.1, 0.15) is 0 Å². The van der Waals surface area contributed by atoms with Crippen LogP contribution in [-0.4, -0.2) is 16.1 Å². The molecule has 1 aliphatic carbocycles.